The monoisotopic (exact) mass is 238 g/mol. The summed E-state index contributed by atoms with van der Waals surface area (Å²) in [4.78, 5) is 11.6. The van der Waals surface area contributed by atoms with Gasteiger partial charge in [-0.25, -0.2) is 4.68 Å². The molecule has 0 aliphatic carbocycles. The van der Waals surface area contributed by atoms with Gasteiger partial charge in [-0.15, -0.1) is 5.10 Å². The number of rotatable bonds is 4. The molecule has 0 aromatic carbocycles. The Balaban J connectivity index is 1.75. The van der Waals surface area contributed by atoms with Gasteiger partial charge in [0.2, 0.25) is 5.91 Å². The van der Waals surface area contributed by atoms with E-state index < -0.39 is 0 Å². The Hall–Kier alpha value is -1.50. The average molecular weight is 238 g/mol. The third-order valence-corrected chi connectivity index (χ3v) is 3.10. The van der Waals surface area contributed by atoms with E-state index in [0.29, 0.717) is 6.54 Å². The normalized spacial score (nSPS) is 24.5. The van der Waals surface area contributed by atoms with Crippen molar-refractivity contribution in [2.24, 2.45) is 5.41 Å². The highest BCUT2D eigenvalue weighted by atomic mass is 16.2. The van der Waals surface area contributed by atoms with Crippen LogP contribution < -0.4 is 10.6 Å². The second-order valence-electron chi connectivity index (χ2n) is 4.88. The minimum Gasteiger partial charge on any atom is -0.354 e. The lowest BCUT2D eigenvalue weighted by atomic mass is 9.83. The van der Waals surface area contributed by atoms with Gasteiger partial charge in [-0.05, 0) is 35.2 Å². The van der Waals surface area contributed by atoms with Crippen LogP contribution >= 0.6 is 0 Å². The van der Waals surface area contributed by atoms with Crippen molar-refractivity contribution in [1.82, 2.24) is 30.8 Å². The van der Waals surface area contributed by atoms with Crippen LogP contribution in [-0.4, -0.2) is 45.7 Å². The lowest BCUT2D eigenvalue weighted by Gasteiger charge is -2.34. The van der Waals surface area contributed by atoms with Gasteiger partial charge in [0.05, 0.1) is 0 Å². The second-order valence-corrected chi connectivity index (χ2v) is 4.88. The number of piperidine rings is 1. The number of carbonyl (C=O) groups excluding carboxylic acids is 1. The topological polar surface area (TPSA) is 84.7 Å². The first-order valence-electron chi connectivity index (χ1n) is 5.86. The summed E-state index contributed by atoms with van der Waals surface area (Å²) in [5.74, 6) is -0.0518. The smallest absolute Gasteiger partial charge is 0.241 e. The molecule has 1 aliphatic heterocycles. The molecule has 1 unspecified atom stereocenters. The van der Waals surface area contributed by atoms with Gasteiger partial charge in [-0.3, -0.25) is 4.79 Å². The van der Waals surface area contributed by atoms with E-state index in [2.05, 4.69) is 33.1 Å². The Labute approximate surface area is 100.0 Å². The first-order valence-corrected chi connectivity index (χ1v) is 5.86. The first kappa shape index (κ1) is 12.0. The van der Waals surface area contributed by atoms with Crippen LogP contribution in [0.3, 0.4) is 0 Å². The molecule has 17 heavy (non-hydrogen) atoms. The van der Waals surface area contributed by atoms with Gasteiger partial charge in [0.15, 0.2) is 0 Å². The van der Waals surface area contributed by atoms with Crippen LogP contribution in [0.25, 0.3) is 0 Å². The Morgan fingerprint density at radius 3 is 3.18 bits per heavy atom. The fourth-order valence-corrected chi connectivity index (χ4v) is 2.04. The van der Waals surface area contributed by atoms with Gasteiger partial charge in [0.1, 0.15) is 12.9 Å². The Morgan fingerprint density at radius 2 is 2.53 bits per heavy atom. The van der Waals surface area contributed by atoms with E-state index in [4.69, 9.17) is 0 Å². The zero-order chi connectivity index (χ0) is 12.1. The molecular formula is C10H18N6O. The molecule has 1 fully saturated rings. The third-order valence-electron chi connectivity index (χ3n) is 3.10. The van der Waals surface area contributed by atoms with Crippen LogP contribution in [0.4, 0.5) is 0 Å². The summed E-state index contributed by atoms with van der Waals surface area (Å²) in [6, 6.07) is 0. The van der Waals surface area contributed by atoms with E-state index in [1.165, 1.54) is 17.4 Å². The molecule has 1 saturated heterocycles. The molecule has 0 spiro atoms. The maximum atomic E-state index is 11.6. The molecular weight excluding hydrogens is 220 g/mol. The number of nitrogens with zero attached hydrogens (tertiary/aromatic N) is 4. The number of aromatic nitrogens is 4. The standard InChI is InChI=1S/C10H18N6O/c1-10(3-2-4-11-6-10)7-12-9(17)5-16-8-13-14-15-16/h8,11H,2-7H2,1H3,(H,12,17). The predicted octanol–water partition coefficient (Wildman–Crippen LogP) is -0.821. The molecule has 1 aromatic heterocycles. The molecule has 1 aliphatic rings. The minimum atomic E-state index is -0.0518. The number of carbonyl (C=O) groups is 1. The molecule has 2 rings (SSSR count). The van der Waals surface area contributed by atoms with Crippen molar-refractivity contribution in [3.8, 4) is 0 Å². The van der Waals surface area contributed by atoms with Gasteiger partial charge in [0.25, 0.3) is 0 Å². The van der Waals surface area contributed by atoms with Gasteiger partial charge >= 0.3 is 0 Å². The first-order chi connectivity index (χ1) is 8.18. The minimum absolute atomic E-state index is 0.0518. The molecule has 94 valence electrons. The van der Waals surface area contributed by atoms with Gasteiger partial charge in [-0.1, -0.05) is 6.92 Å². The molecule has 1 amide bonds. The summed E-state index contributed by atoms with van der Waals surface area (Å²) >= 11 is 0. The lowest BCUT2D eigenvalue weighted by Crippen LogP contribution is -2.46. The summed E-state index contributed by atoms with van der Waals surface area (Å²) in [6.45, 7) is 5.10. The van der Waals surface area contributed by atoms with Crippen LogP contribution in [0.15, 0.2) is 6.33 Å². The molecule has 7 nitrogen and oxygen atoms in total. The van der Waals surface area contributed by atoms with Crippen LogP contribution in [0.1, 0.15) is 19.8 Å². The second kappa shape index (κ2) is 5.22. The van der Waals surface area contributed by atoms with Gasteiger partial charge in [0, 0.05) is 13.1 Å². The highest BCUT2D eigenvalue weighted by Crippen LogP contribution is 2.23. The SMILES string of the molecule is CC1(CNC(=O)Cn2cnnn2)CCCNC1. The van der Waals surface area contributed by atoms with Crippen molar-refractivity contribution in [2.45, 2.75) is 26.3 Å². The third kappa shape index (κ3) is 3.48. The lowest BCUT2D eigenvalue weighted by molar-refractivity contribution is -0.122. The molecule has 0 radical (unpaired) electrons. The zero-order valence-electron chi connectivity index (χ0n) is 10.0. The molecule has 0 saturated carbocycles. The molecule has 0 bridgehead atoms. The van der Waals surface area contributed by atoms with E-state index in [0.717, 1.165) is 19.5 Å². The average Bonchev–Trinajstić information content (AvgIpc) is 2.80. The van der Waals surface area contributed by atoms with Crippen molar-refractivity contribution in [1.29, 1.82) is 0 Å². The Kier molecular flexibility index (Phi) is 3.68. The molecule has 1 aromatic rings. The quantitative estimate of drug-likeness (QED) is 0.716. The fourth-order valence-electron chi connectivity index (χ4n) is 2.04. The van der Waals surface area contributed by atoms with E-state index in [1.54, 1.807) is 0 Å². The summed E-state index contributed by atoms with van der Waals surface area (Å²) in [5.41, 5.74) is 0.161. The van der Waals surface area contributed by atoms with E-state index in [1.807, 2.05) is 0 Å². The highest BCUT2D eigenvalue weighted by Gasteiger charge is 2.26. The number of hydrogen-bond acceptors (Lipinski definition) is 5. The molecule has 2 N–H and O–H groups in total. The van der Waals surface area contributed by atoms with Crippen molar-refractivity contribution in [3.05, 3.63) is 6.33 Å². The summed E-state index contributed by atoms with van der Waals surface area (Å²) in [5, 5.41) is 16.9. The number of tetrazole rings is 1. The van der Waals surface area contributed by atoms with Crippen molar-refractivity contribution >= 4 is 5.91 Å². The Bertz CT molecular complexity index is 357. The summed E-state index contributed by atoms with van der Waals surface area (Å²) in [6.07, 6.45) is 3.74. The van der Waals surface area contributed by atoms with Crippen molar-refractivity contribution in [3.63, 3.8) is 0 Å². The van der Waals surface area contributed by atoms with Crippen molar-refractivity contribution < 1.29 is 4.79 Å². The summed E-state index contributed by atoms with van der Waals surface area (Å²) in [7, 11) is 0. The largest absolute Gasteiger partial charge is 0.354 e. The van der Waals surface area contributed by atoms with Crippen molar-refractivity contribution in [2.75, 3.05) is 19.6 Å². The maximum absolute atomic E-state index is 11.6. The van der Waals surface area contributed by atoms with E-state index >= 15 is 0 Å². The van der Waals surface area contributed by atoms with Crippen LogP contribution in [0.5, 0.6) is 0 Å². The Morgan fingerprint density at radius 1 is 1.65 bits per heavy atom. The number of amides is 1. The molecule has 1 atom stereocenters. The van der Waals surface area contributed by atoms with Crippen LogP contribution in [-0.2, 0) is 11.3 Å². The zero-order valence-corrected chi connectivity index (χ0v) is 10.0. The predicted molar refractivity (Wildman–Crippen MR) is 61.0 cm³/mol. The van der Waals surface area contributed by atoms with Gasteiger partial charge in [-0.2, -0.15) is 0 Å². The molecule has 2 heterocycles. The van der Waals surface area contributed by atoms with E-state index in [9.17, 15) is 4.79 Å². The van der Waals surface area contributed by atoms with Crippen LogP contribution in [0, 0.1) is 5.41 Å². The highest BCUT2D eigenvalue weighted by molar-refractivity contribution is 5.75. The maximum Gasteiger partial charge on any atom is 0.241 e. The van der Waals surface area contributed by atoms with Gasteiger partial charge < -0.3 is 10.6 Å². The van der Waals surface area contributed by atoms with E-state index in [-0.39, 0.29) is 17.9 Å². The summed E-state index contributed by atoms with van der Waals surface area (Å²) < 4.78 is 1.41. The number of nitrogens with one attached hydrogen (secondary N) is 2. The fraction of sp³-hybridized carbons (Fsp3) is 0.800. The number of hydrogen-bond donors (Lipinski definition) is 2. The van der Waals surface area contributed by atoms with Crippen LogP contribution in [0.2, 0.25) is 0 Å². The molecule has 7 heteroatoms.